The second-order valence-electron chi connectivity index (χ2n) is 5.19. The Hall–Kier alpha value is 0.270. The Kier molecular flexibility index (Phi) is 7.66. The molecule has 15 heavy (non-hydrogen) atoms. The number of rotatable bonds is 8. The molecule has 0 rings (SSSR count). The van der Waals surface area contributed by atoms with Crippen molar-refractivity contribution in [1.29, 1.82) is 0 Å². The maximum atomic E-state index is 6.05. The van der Waals surface area contributed by atoms with E-state index in [1.807, 2.05) is 11.8 Å². The fraction of sp³-hybridized carbons (Fsp3) is 1.00. The minimum Gasteiger partial charge on any atom is -0.379 e. The van der Waals surface area contributed by atoms with Crippen LogP contribution in [0, 0.1) is 5.92 Å². The molecule has 0 bridgehead atoms. The van der Waals surface area contributed by atoms with Gasteiger partial charge in [0.05, 0.1) is 5.60 Å². The van der Waals surface area contributed by atoms with Gasteiger partial charge in [-0.15, -0.1) is 0 Å². The molecule has 0 aromatic heterocycles. The molecule has 0 saturated heterocycles. The monoisotopic (exact) mass is 233 g/mol. The standard InChI is InChI=1S/C12H27NOS/c1-10(2)8-15-9-11(13)6-7-12(3,4)14-5/h10-11H,6-9,13H2,1-5H3. The van der Waals surface area contributed by atoms with Crippen LogP contribution in [0.5, 0.6) is 0 Å². The van der Waals surface area contributed by atoms with E-state index >= 15 is 0 Å². The molecule has 0 fully saturated rings. The summed E-state index contributed by atoms with van der Waals surface area (Å²) >= 11 is 1.96. The maximum Gasteiger partial charge on any atom is 0.0623 e. The van der Waals surface area contributed by atoms with Crippen molar-refractivity contribution >= 4 is 11.8 Å². The van der Waals surface area contributed by atoms with Crippen LogP contribution in [0.2, 0.25) is 0 Å². The normalized spacial score (nSPS) is 14.6. The predicted molar refractivity (Wildman–Crippen MR) is 70.5 cm³/mol. The van der Waals surface area contributed by atoms with Crippen LogP contribution in [-0.2, 0) is 4.74 Å². The van der Waals surface area contributed by atoms with Crippen LogP contribution in [-0.4, -0.2) is 30.3 Å². The molecule has 2 nitrogen and oxygen atoms in total. The molecular weight excluding hydrogens is 206 g/mol. The molecule has 0 heterocycles. The Morgan fingerprint density at radius 3 is 2.33 bits per heavy atom. The van der Waals surface area contributed by atoms with Gasteiger partial charge >= 0.3 is 0 Å². The molecule has 2 N–H and O–H groups in total. The van der Waals surface area contributed by atoms with Crippen LogP contribution < -0.4 is 5.73 Å². The number of methoxy groups -OCH3 is 1. The van der Waals surface area contributed by atoms with E-state index in [-0.39, 0.29) is 5.60 Å². The predicted octanol–water partition coefficient (Wildman–Crippen LogP) is 2.91. The van der Waals surface area contributed by atoms with Gasteiger partial charge in [0, 0.05) is 18.9 Å². The number of hydrogen-bond donors (Lipinski definition) is 1. The average molecular weight is 233 g/mol. The van der Waals surface area contributed by atoms with Crippen molar-refractivity contribution in [2.75, 3.05) is 18.6 Å². The van der Waals surface area contributed by atoms with E-state index in [0.717, 1.165) is 24.5 Å². The van der Waals surface area contributed by atoms with Crippen molar-refractivity contribution in [3.8, 4) is 0 Å². The first-order valence-electron chi connectivity index (χ1n) is 5.76. The summed E-state index contributed by atoms with van der Waals surface area (Å²) in [6.07, 6.45) is 2.08. The second kappa shape index (κ2) is 7.53. The van der Waals surface area contributed by atoms with Gasteiger partial charge in [0.15, 0.2) is 0 Å². The summed E-state index contributed by atoms with van der Waals surface area (Å²) in [6, 6.07) is 0.308. The van der Waals surface area contributed by atoms with Gasteiger partial charge in [0.2, 0.25) is 0 Å². The van der Waals surface area contributed by atoms with Gasteiger partial charge in [-0.1, -0.05) is 13.8 Å². The molecular formula is C12H27NOS. The molecule has 92 valence electrons. The lowest BCUT2D eigenvalue weighted by molar-refractivity contribution is 0.0129. The highest BCUT2D eigenvalue weighted by Gasteiger charge is 2.17. The molecule has 0 aromatic rings. The summed E-state index contributed by atoms with van der Waals surface area (Å²) in [5.41, 5.74) is 6.02. The molecule has 1 unspecified atom stereocenters. The summed E-state index contributed by atoms with van der Waals surface area (Å²) in [7, 11) is 1.76. The minimum atomic E-state index is -0.0274. The average Bonchev–Trinajstić information content (AvgIpc) is 2.14. The zero-order valence-corrected chi connectivity index (χ0v) is 11.7. The van der Waals surface area contributed by atoms with E-state index in [4.69, 9.17) is 10.5 Å². The Labute approximate surface area is 99.3 Å². The highest BCUT2D eigenvalue weighted by molar-refractivity contribution is 7.99. The van der Waals surface area contributed by atoms with Gasteiger partial charge < -0.3 is 10.5 Å². The lowest BCUT2D eigenvalue weighted by Gasteiger charge is -2.24. The van der Waals surface area contributed by atoms with Crippen molar-refractivity contribution in [3.63, 3.8) is 0 Å². The SMILES string of the molecule is COC(C)(C)CCC(N)CSCC(C)C. The summed E-state index contributed by atoms with van der Waals surface area (Å²) in [5.74, 6) is 3.04. The van der Waals surface area contributed by atoms with Crippen LogP contribution in [0.15, 0.2) is 0 Å². The van der Waals surface area contributed by atoms with E-state index < -0.39 is 0 Å². The molecule has 0 aliphatic rings. The highest BCUT2D eigenvalue weighted by Crippen LogP contribution is 2.18. The van der Waals surface area contributed by atoms with E-state index in [2.05, 4.69) is 27.7 Å². The summed E-state index contributed by atoms with van der Waals surface area (Å²) in [6.45, 7) is 8.71. The van der Waals surface area contributed by atoms with Gasteiger partial charge in [-0.2, -0.15) is 11.8 Å². The van der Waals surface area contributed by atoms with Crippen LogP contribution in [0.1, 0.15) is 40.5 Å². The first-order chi connectivity index (χ1) is 6.87. The molecule has 0 aromatic carbocycles. The van der Waals surface area contributed by atoms with Crippen LogP contribution in [0.4, 0.5) is 0 Å². The Morgan fingerprint density at radius 2 is 1.87 bits per heavy atom. The third kappa shape index (κ3) is 9.21. The summed E-state index contributed by atoms with van der Waals surface area (Å²) < 4.78 is 5.37. The van der Waals surface area contributed by atoms with Crippen LogP contribution in [0.25, 0.3) is 0 Å². The molecule has 0 aliphatic heterocycles. The molecule has 0 spiro atoms. The summed E-state index contributed by atoms with van der Waals surface area (Å²) in [5, 5.41) is 0. The van der Waals surface area contributed by atoms with Gasteiger partial charge in [0.1, 0.15) is 0 Å². The largest absolute Gasteiger partial charge is 0.379 e. The third-order valence-corrected chi connectivity index (χ3v) is 4.02. The molecule has 1 atom stereocenters. The first-order valence-corrected chi connectivity index (χ1v) is 6.91. The molecule has 0 amide bonds. The molecule has 0 saturated carbocycles. The lowest BCUT2D eigenvalue weighted by Crippen LogP contribution is -2.29. The number of ether oxygens (including phenoxy) is 1. The van der Waals surface area contributed by atoms with E-state index in [1.165, 1.54) is 5.75 Å². The van der Waals surface area contributed by atoms with Crippen molar-refractivity contribution in [3.05, 3.63) is 0 Å². The smallest absolute Gasteiger partial charge is 0.0623 e. The van der Waals surface area contributed by atoms with E-state index in [1.54, 1.807) is 7.11 Å². The number of thioether (sulfide) groups is 1. The van der Waals surface area contributed by atoms with Crippen molar-refractivity contribution < 1.29 is 4.74 Å². The Morgan fingerprint density at radius 1 is 1.27 bits per heavy atom. The van der Waals surface area contributed by atoms with Crippen molar-refractivity contribution in [1.82, 2.24) is 0 Å². The fourth-order valence-electron chi connectivity index (χ4n) is 1.17. The second-order valence-corrected chi connectivity index (χ2v) is 6.27. The van der Waals surface area contributed by atoms with Crippen molar-refractivity contribution in [2.24, 2.45) is 11.7 Å². The van der Waals surface area contributed by atoms with Gasteiger partial charge in [-0.3, -0.25) is 0 Å². The highest BCUT2D eigenvalue weighted by atomic mass is 32.2. The molecule has 3 heteroatoms. The lowest BCUT2D eigenvalue weighted by atomic mass is 10.00. The van der Waals surface area contributed by atoms with Crippen LogP contribution >= 0.6 is 11.8 Å². The Balaban J connectivity index is 3.53. The van der Waals surface area contributed by atoms with Gasteiger partial charge in [-0.25, -0.2) is 0 Å². The topological polar surface area (TPSA) is 35.2 Å². The molecule has 0 radical (unpaired) electrons. The fourth-order valence-corrected chi connectivity index (χ4v) is 2.25. The first kappa shape index (κ1) is 15.3. The zero-order chi connectivity index (χ0) is 11.9. The maximum absolute atomic E-state index is 6.05. The van der Waals surface area contributed by atoms with Crippen LogP contribution in [0.3, 0.4) is 0 Å². The minimum absolute atomic E-state index is 0.0274. The Bertz CT molecular complexity index is 160. The van der Waals surface area contributed by atoms with Crippen molar-refractivity contribution in [2.45, 2.75) is 52.2 Å². The quantitative estimate of drug-likeness (QED) is 0.700. The van der Waals surface area contributed by atoms with E-state index in [9.17, 15) is 0 Å². The number of hydrogen-bond acceptors (Lipinski definition) is 3. The van der Waals surface area contributed by atoms with Gasteiger partial charge in [-0.05, 0) is 38.4 Å². The van der Waals surface area contributed by atoms with Gasteiger partial charge in [0.25, 0.3) is 0 Å². The third-order valence-electron chi connectivity index (χ3n) is 2.45. The summed E-state index contributed by atoms with van der Waals surface area (Å²) in [4.78, 5) is 0. The number of nitrogens with two attached hydrogens (primary N) is 1. The zero-order valence-electron chi connectivity index (χ0n) is 10.9. The van der Waals surface area contributed by atoms with E-state index in [0.29, 0.717) is 6.04 Å². The molecule has 0 aliphatic carbocycles.